The molecule has 1 saturated heterocycles. The summed E-state index contributed by atoms with van der Waals surface area (Å²) in [5.74, 6) is 0.314. The minimum atomic E-state index is -0.0755. The van der Waals surface area contributed by atoms with Gasteiger partial charge in [0.05, 0.1) is 29.4 Å². The Balaban J connectivity index is 1.77. The number of fused-ring (bicyclic) bond motifs is 1. The molecule has 1 amide bonds. The van der Waals surface area contributed by atoms with Gasteiger partial charge in [-0.3, -0.25) is 4.79 Å². The third-order valence-electron chi connectivity index (χ3n) is 5.19. The lowest BCUT2D eigenvalue weighted by Crippen LogP contribution is -2.29. The monoisotopic (exact) mass is 398 g/mol. The van der Waals surface area contributed by atoms with E-state index in [1.54, 1.807) is 17.5 Å². The van der Waals surface area contributed by atoms with Crippen LogP contribution in [0, 0.1) is 19.8 Å². The summed E-state index contributed by atoms with van der Waals surface area (Å²) >= 11 is 1.75. The van der Waals surface area contributed by atoms with Gasteiger partial charge in [-0.15, -0.1) is 11.3 Å². The molecule has 1 N–H and O–H groups in total. The average molecular weight is 399 g/mol. The van der Waals surface area contributed by atoms with Gasteiger partial charge in [0.15, 0.2) is 5.65 Å². The molecule has 0 radical (unpaired) electrons. The number of hydrogen-bond acceptors (Lipinski definition) is 5. The summed E-state index contributed by atoms with van der Waals surface area (Å²) in [5, 5.41) is 8.38. The van der Waals surface area contributed by atoms with E-state index in [0.717, 1.165) is 41.9 Å². The van der Waals surface area contributed by atoms with Crippen LogP contribution in [0.15, 0.2) is 18.3 Å². The third kappa shape index (κ3) is 3.56. The van der Waals surface area contributed by atoms with E-state index in [4.69, 9.17) is 9.72 Å². The molecule has 1 unspecified atom stereocenters. The molecule has 1 fully saturated rings. The molecule has 7 heteroatoms. The third-order valence-corrected chi connectivity index (χ3v) is 6.16. The van der Waals surface area contributed by atoms with Crippen LogP contribution in [-0.4, -0.2) is 40.4 Å². The largest absolute Gasteiger partial charge is 0.381 e. The Labute approximate surface area is 168 Å². The average Bonchev–Trinajstić information content (AvgIpc) is 3.38. The smallest absolute Gasteiger partial charge is 0.252 e. The molecule has 1 aliphatic rings. The van der Waals surface area contributed by atoms with Crippen molar-refractivity contribution in [2.24, 2.45) is 5.92 Å². The molecular weight excluding hydrogens is 372 g/mol. The molecule has 148 valence electrons. The first kappa shape index (κ1) is 19.1. The van der Waals surface area contributed by atoms with Crippen molar-refractivity contribution < 1.29 is 9.53 Å². The maximum atomic E-state index is 13.1. The fraction of sp³-hybridized carbons (Fsp3) is 0.476. The number of ether oxygens (including phenoxy) is 1. The van der Waals surface area contributed by atoms with Gasteiger partial charge in [0.25, 0.3) is 5.91 Å². The maximum Gasteiger partial charge on any atom is 0.252 e. The number of nitrogens with one attached hydrogen (secondary N) is 1. The molecule has 0 spiro atoms. The van der Waals surface area contributed by atoms with Crippen molar-refractivity contribution in [3.05, 3.63) is 33.6 Å². The topological polar surface area (TPSA) is 69.0 Å². The highest BCUT2D eigenvalue weighted by Gasteiger charge is 2.21. The number of aryl methyl sites for hydroxylation is 2. The second-order valence-electron chi connectivity index (χ2n) is 7.74. The highest BCUT2D eigenvalue weighted by Crippen LogP contribution is 2.32. The Bertz CT molecular complexity index is 1020. The van der Waals surface area contributed by atoms with E-state index in [-0.39, 0.29) is 11.9 Å². The Hall–Kier alpha value is -2.25. The van der Waals surface area contributed by atoms with Crippen LogP contribution in [0.2, 0.25) is 0 Å². The second kappa shape index (κ2) is 7.64. The first-order chi connectivity index (χ1) is 13.4. The number of carbonyl (C=O) groups excluding carboxylic acids is 1. The summed E-state index contributed by atoms with van der Waals surface area (Å²) in [6.45, 7) is 10.5. The van der Waals surface area contributed by atoms with Crippen molar-refractivity contribution >= 4 is 28.3 Å². The number of pyridine rings is 1. The summed E-state index contributed by atoms with van der Waals surface area (Å²) in [7, 11) is 0. The lowest BCUT2D eigenvalue weighted by molar-refractivity contribution is 0.0946. The van der Waals surface area contributed by atoms with Crippen molar-refractivity contribution in [1.82, 2.24) is 20.1 Å². The summed E-state index contributed by atoms with van der Waals surface area (Å²) in [4.78, 5) is 20.4. The fourth-order valence-corrected chi connectivity index (χ4v) is 4.62. The highest BCUT2D eigenvalue weighted by atomic mass is 32.1. The minimum Gasteiger partial charge on any atom is -0.381 e. The lowest BCUT2D eigenvalue weighted by atomic mass is 10.1. The predicted molar refractivity (Wildman–Crippen MR) is 112 cm³/mol. The Kier molecular flexibility index (Phi) is 5.21. The molecule has 4 rings (SSSR count). The normalized spacial score (nSPS) is 17.0. The minimum absolute atomic E-state index is 0.0755. The van der Waals surface area contributed by atoms with E-state index in [2.05, 4.69) is 44.2 Å². The maximum absolute atomic E-state index is 13.1. The molecule has 1 atom stereocenters. The zero-order valence-corrected chi connectivity index (χ0v) is 17.6. The Morgan fingerprint density at radius 2 is 2.21 bits per heavy atom. The van der Waals surface area contributed by atoms with Gasteiger partial charge in [-0.25, -0.2) is 9.67 Å². The molecule has 4 heterocycles. The fourth-order valence-electron chi connectivity index (χ4n) is 3.68. The number of hydrogen-bond donors (Lipinski definition) is 1. The lowest BCUT2D eigenvalue weighted by Gasteiger charge is -2.12. The number of thiophene rings is 1. The summed E-state index contributed by atoms with van der Waals surface area (Å²) in [5.41, 5.74) is 3.30. The van der Waals surface area contributed by atoms with Gasteiger partial charge in [-0.1, -0.05) is 0 Å². The van der Waals surface area contributed by atoms with Crippen molar-refractivity contribution in [2.75, 3.05) is 19.8 Å². The number of aromatic nitrogens is 3. The first-order valence-corrected chi connectivity index (χ1v) is 10.6. The van der Waals surface area contributed by atoms with Gasteiger partial charge in [-0.05, 0) is 46.2 Å². The predicted octanol–water partition coefficient (Wildman–Crippen LogP) is 4.12. The van der Waals surface area contributed by atoms with Crippen molar-refractivity contribution in [3.8, 4) is 11.3 Å². The molecule has 1 aliphatic heterocycles. The van der Waals surface area contributed by atoms with E-state index >= 15 is 0 Å². The van der Waals surface area contributed by atoms with E-state index in [1.807, 2.05) is 10.7 Å². The standard InChI is InChI=1S/C21H26N4O2S/c1-12(2)25-20-18(10-23-25)17(21(26)22-9-15-5-6-27-11-15)8-19(24-20)16-7-13(3)28-14(16)4/h7-8,10,12,15H,5-6,9,11H2,1-4H3,(H,22,26). The van der Waals surface area contributed by atoms with Gasteiger partial charge < -0.3 is 10.1 Å². The van der Waals surface area contributed by atoms with Gasteiger partial charge in [0.2, 0.25) is 0 Å². The zero-order chi connectivity index (χ0) is 19.8. The van der Waals surface area contributed by atoms with Crippen LogP contribution in [0.25, 0.3) is 22.3 Å². The van der Waals surface area contributed by atoms with Crippen LogP contribution in [0.1, 0.15) is 46.4 Å². The van der Waals surface area contributed by atoms with Crippen LogP contribution >= 0.6 is 11.3 Å². The molecule has 0 aliphatic carbocycles. The molecule has 0 aromatic carbocycles. The molecule has 28 heavy (non-hydrogen) atoms. The van der Waals surface area contributed by atoms with Gasteiger partial charge in [-0.2, -0.15) is 5.10 Å². The van der Waals surface area contributed by atoms with Crippen LogP contribution in [0.4, 0.5) is 0 Å². The Morgan fingerprint density at radius 3 is 2.86 bits per heavy atom. The van der Waals surface area contributed by atoms with Crippen LogP contribution in [0.3, 0.4) is 0 Å². The van der Waals surface area contributed by atoms with E-state index < -0.39 is 0 Å². The SMILES string of the molecule is Cc1cc(-c2cc(C(=O)NCC3CCOC3)c3cnn(C(C)C)c3n2)c(C)s1. The van der Waals surface area contributed by atoms with Crippen molar-refractivity contribution in [1.29, 1.82) is 0 Å². The summed E-state index contributed by atoms with van der Waals surface area (Å²) in [6.07, 6.45) is 2.75. The van der Waals surface area contributed by atoms with Crippen molar-refractivity contribution in [3.63, 3.8) is 0 Å². The van der Waals surface area contributed by atoms with Crippen molar-refractivity contribution in [2.45, 2.75) is 40.2 Å². The second-order valence-corrected chi connectivity index (χ2v) is 9.20. The number of amides is 1. The molecular formula is C21H26N4O2S. The van der Waals surface area contributed by atoms with Crippen LogP contribution in [-0.2, 0) is 4.74 Å². The van der Waals surface area contributed by atoms with Crippen LogP contribution < -0.4 is 5.32 Å². The highest BCUT2D eigenvalue weighted by molar-refractivity contribution is 7.12. The number of carbonyl (C=O) groups is 1. The first-order valence-electron chi connectivity index (χ1n) is 9.75. The summed E-state index contributed by atoms with van der Waals surface area (Å²) < 4.78 is 7.30. The molecule has 0 bridgehead atoms. The van der Waals surface area contributed by atoms with E-state index in [0.29, 0.717) is 18.0 Å². The number of rotatable bonds is 5. The molecule has 0 saturated carbocycles. The molecule has 6 nitrogen and oxygen atoms in total. The van der Waals surface area contributed by atoms with Gasteiger partial charge in [0, 0.05) is 40.4 Å². The molecule has 3 aromatic rings. The molecule has 3 aromatic heterocycles. The number of nitrogens with zero attached hydrogens (tertiary/aromatic N) is 3. The van der Waals surface area contributed by atoms with E-state index in [9.17, 15) is 4.79 Å². The quantitative estimate of drug-likeness (QED) is 0.702. The van der Waals surface area contributed by atoms with Gasteiger partial charge in [0.1, 0.15) is 0 Å². The summed E-state index contributed by atoms with van der Waals surface area (Å²) in [6, 6.07) is 4.21. The van der Waals surface area contributed by atoms with Gasteiger partial charge >= 0.3 is 0 Å². The zero-order valence-electron chi connectivity index (χ0n) is 16.8. The Morgan fingerprint density at radius 1 is 1.39 bits per heavy atom. The van der Waals surface area contributed by atoms with Crippen LogP contribution in [0.5, 0.6) is 0 Å². The van der Waals surface area contributed by atoms with E-state index in [1.165, 1.54) is 9.75 Å².